The van der Waals surface area contributed by atoms with E-state index in [4.69, 9.17) is 11.6 Å². The Morgan fingerprint density at radius 2 is 2.17 bits per heavy atom. The lowest BCUT2D eigenvalue weighted by Gasteiger charge is -2.28. The molecular weight excluding hydrogens is 246 g/mol. The number of imidazole rings is 1. The molecule has 0 unspecified atom stereocenters. The molecule has 1 fully saturated rings. The Morgan fingerprint density at radius 3 is 2.78 bits per heavy atom. The zero-order valence-corrected chi connectivity index (χ0v) is 11.8. The van der Waals surface area contributed by atoms with Crippen molar-refractivity contribution in [1.29, 1.82) is 0 Å². The number of halogens is 1. The first-order chi connectivity index (χ1) is 8.55. The van der Waals surface area contributed by atoms with Gasteiger partial charge in [0.2, 0.25) is 0 Å². The molecule has 0 aromatic carbocycles. The topological polar surface area (TPSA) is 30.7 Å². The third-order valence-electron chi connectivity index (χ3n) is 4.09. The van der Waals surface area contributed by atoms with Crippen molar-refractivity contribution in [3.63, 3.8) is 0 Å². The molecule has 0 aliphatic heterocycles. The number of aromatic nitrogens is 3. The third kappa shape index (κ3) is 1.64. The van der Waals surface area contributed by atoms with Crippen LogP contribution in [0.3, 0.4) is 0 Å². The second kappa shape index (κ2) is 3.95. The van der Waals surface area contributed by atoms with Crippen LogP contribution in [0.25, 0.3) is 11.2 Å². The van der Waals surface area contributed by atoms with E-state index < -0.39 is 0 Å². The molecule has 96 valence electrons. The van der Waals surface area contributed by atoms with Crippen LogP contribution in [0.1, 0.15) is 38.1 Å². The number of aryl methyl sites for hydroxylation is 1. The summed E-state index contributed by atoms with van der Waals surface area (Å²) in [5.74, 6) is 2.09. The number of pyridine rings is 1. The fourth-order valence-electron chi connectivity index (χ4n) is 2.81. The van der Waals surface area contributed by atoms with E-state index in [9.17, 15) is 0 Å². The molecule has 2 heterocycles. The lowest BCUT2D eigenvalue weighted by molar-refractivity contribution is 0.305. The minimum atomic E-state index is 0.0553. The molecule has 4 heteroatoms. The Morgan fingerprint density at radius 1 is 1.44 bits per heavy atom. The predicted molar refractivity (Wildman–Crippen MR) is 73.9 cm³/mol. The number of fused-ring (bicyclic) bond motifs is 1. The van der Waals surface area contributed by atoms with Gasteiger partial charge in [0.1, 0.15) is 11.3 Å². The molecule has 3 nitrogen and oxygen atoms in total. The summed E-state index contributed by atoms with van der Waals surface area (Å²) in [6.45, 7) is 6.61. The lowest BCUT2D eigenvalue weighted by Crippen LogP contribution is -2.30. The standard InChI is InChI=1S/C14H18ClN3/c1-9-6-7-16-13-12(9)17-11(8-15)18(13)14(2,3)10-4-5-10/h6-7,10H,4-5,8H2,1-3H3. The van der Waals surface area contributed by atoms with Crippen molar-refractivity contribution in [1.82, 2.24) is 14.5 Å². The maximum absolute atomic E-state index is 6.08. The van der Waals surface area contributed by atoms with Gasteiger partial charge in [-0.1, -0.05) is 0 Å². The van der Waals surface area contributed by atoms with Crippen LogP contribution < -0.4 is 0 Å². The molecule has 2 aromatic rings. The Hall–Kier alpha value is -1.09. The SMILES string of the molecule is Cc1ccnc2c1nc(CCl)n2C(C)(C)C1CC1. The summed E-state index contributed by atoms with van der Waals surface area (Å²) < 4.78 is 2.25. The van der Waals surface area contributed by atoms with E-state index in [1.165, 1.54) is 12.8 Å². The van der Waals surface area contributed by atoms with E-state index in [-0.39, 0.29) is 5.54 Å². The Kier molecular flexibility index (Phi) is 2.63. The maximum atomic E-state index is 6.08. The average Bonchev–Trinajstić information content (AvgIpc) is 3.10. The van der Waals surface area contributed by atoms with Crippen LogP contribution in [-0.4, -0.2) is 14.5 Å². The highest BCUT2D eigenvalue weighted by atomic mass is 35.5. The highest BCUT2D eigenvalue weighted by molar-refractivity contribution is 6.16. The molecule has 0 amide bonds. The van der Waals surface area contributed by atoms with Gasteiger partial charge in [0.05, 0.1) is 5.88 Å². The molecule has 0 saturated heterocycles. The molecule has 0 bridgehead atoms. The predicted octanol–water partition coefficient (Wildman–Crippen LogP) is 3.62. The largest absolute Gasteiger partial charge is 0.306 e. The highest BCUT2D eigenvalue weighted by Gasteiger charge is 2.41. The number of rotatable bonds is 3. The second-order valence-electron chi connectivity index (χ2n) is 5.73. The summed E-state index contributed by atoms with van der Waals surface area (Å²) in [6, 6.07) is 2.00. The average molecular weight is 264 g/mol. The lowest BCUT2D eigenvalue weighted by atomic mass is 9.98. The Balaban J connectivity index is 2.29. The van der Waals surface area contributed by atoms with Gasteiger partial charge in [-0.2, -0.15) is 0 Å². The second-order valence-corrected chi connectivity index (χ2v) is 5.99. The van der Waals surface area contributed by atoms with Gasteiger partial charge in [0, 0.05) is 11.7 Å². The van der Waals surface area contributed by atoms with E-state index in [1.54, 1.807) is 0 Å². The minimum Gasteiger partial charge on any atom is -0.306 e. The number of nitrogens with zero attached hydrogens (tertiary/aromatic N) is 3. The fraction of sp³-hybridized carbons (Fsp3) is 0.571. The van der Waals surface area contributed by atoms with Gasteiger partial charge in [-0.3, -0.25) is 0 Å². The van der Waals surface area contributed by atoms with Crippen LogP contribution in [0.4, 0.5) is 0 Å². The van der Waals surface area contributed by atoms with Gasteiger partial charge in [0.15, 0.2) is 5.65 Å². The van der Waals surface area contributed by atoms with Crippen LogP contribution in [-0.2, 0) is 11.4 Å². The summed E-state index contributed by atoms with van der Waals surface area (Å²) in [4.78, 5) is 9.20. The molecule has 2 aromatic heterocycles. The van der Waals surface area contributed by atoms with E-state index >= 15 is 0 Å². The highest BCUT2D eigenvalue weighted by Crippen LogP contribution is 2.45. The van der Waals surface area contributed by atoms with Crippen molar-refractivity contribution in [2.75, 3.05) is 0 Å². The van der Waals surface area contributed by atoms with Gasteiger partial charge < -0.3 is 4.57 Å². The van der Waals surface area contributed by atoms with E-state index in [2.05, 4.69) is 35.3 Å². The van der Waals surface area contributed by atoms with Crippen molar-refractivity contribution < 1.29 is 0 Å². The first kappa shape index (κ1) is 12.0. The van der Waals surface area contributed by atoms with Crippen molar-refractivity contribution in [2.24, 2.45) is 5.92 Å². The van der Waals surface area contributed by atoms with E-state index in [0.29, 0.717) is 5.88 Å². The zero-order chi connectivity index (χ0) is 12.9. The summed E-state index contributed by atoms with van der Waals surface area (Å²) >= 11 is 6.08. The normalized spacial score (nSPS) is 16.4. The first-order valence-corrected chi connectivity index (χ1v) is 6.98. The number of alkyl halides is 1. The van der Waals surface area contributed by atoms with Crippen molar-refractivity contribution in [3.05, 3.63) is 23.7 Å². The number of hydrogen-bond donors (Lipinski definition) is 0. The smallest absolute Gasteiger partial charge is 0.160 e. The fourth-order valence-corrected chi connectivity index (χ4v) is 2.99. The van der Waals surface area contributed by atoms with Gasteiger partial charge in [-0.25, -0.2) is 9.97 Å². The van der Waals surface area contributed by atoms with Crippen LogP contribution in [0.2, 0.25) is 0 Å². The monoisotopic (exact) mass is 263 g/mol. The molecule has 18 heavy (non-hydrogen) atoms. The van der Waals surface area contributed by atoms with Gasteiger partial charge in [-0.15, -0.1) is 11.6 Å². The zero-order valence-electron chi connectivity index (χ0n) is 11.1. The molecule has 1 aliphatic carbocycles. The minimum absolute atomic E-state index is 0.0553. The van der Waals surface area contributed by atoms with E-state index in [1.807, 2.05) is 12.3 Å². The Bertz CT molecular complexity index is 596. The van der Waals surface area contributed by atoms with Crippen molar-refractivity contribution in [3.8, 4) is 0 Å². The van der Waals surface area contributed by atoms with Gasteiger partial charge in [0.25, 0.3) is 0 Å². The molecule has 0 N–H and O–H groups in total. The molecule has 0 atom stereocenters. The van der Waals surface area contributed by atoms with Crippen LogP contribution in [0.5, 0.6) is 0 Å². The summed E-state index contributed by atoms with van der Waals surface area (Å²) in [5.41, 5.74) is 3.18. The third-order valence-corrected chi connectivity index (χ3v) is 4.33. The quantitative estimate of drug-likeness (QED) is 0.792. The Labute approximate surface area is 112 Å². The molecule has 3 rings (SSSR count). The van der Waals surface area contributed by atoms with Crippen LogP contribution in [0.15, 0.2) is 12.3 Å². The van der Waals surface area contributed by atoms with Crippen LogP contribution >= 0.6 is 11.6 Å². The molecule has 0 spiro atoms. The van der Waals surface area contributed by atoms with Crippen molar-refractivity contribution in [2.45, 2.75) is 45.0 Å². The first-order valence-electron chi connectivity index (χ1n) is 6.45. The molecular formula is C14H18ClN3. The van der Waals surface area contributed by atoms with E-state index in [0.717, 1.165) is 28.5 Å². The summed E-state index contributed by atoms with van der Waals surface area (Å²) in [6.07, 6.45) is 4.44. The van der Waals surface area contributed by atoms with Gasteiger partial charge in [-0.05, 0) is 51.2 Å². The van der Waals surface area contributed by atoms with Crippen LogP contribution in [0, 0.1) is 12.8 Å². The number of hydrogen-bond acceptors (Lipinski definition) is 2. The molecule has 1 saturated carbocycles. The summed E-state index contributed by atoms with van der Waals surface area (Å²) in [7, 11) is 0. The van der Waals surface area contributed by atoms with Gasteiger partial charge >= 0.3 is 0 Å². The maximum Gasteiger partial charge on any atom is 0.160 e. The van der Waals surface area contributed by atoms with Crippen molar-refractivity contribution >= 4 is 22.8 Å². The molecule has 0 radical (unpaired) electrons. The molecule has 1 aliphatic rings. The summed E-state index contributed by atoms with van der Waals surface area (Å²) in [5, 5.41) is 0.